The minimum Gasteiger partial charge on any atom is -0.349 e. The number of benzene rings is 2. The molecule has 1 heterocycles. The lowest BCUT2D eigenvalue weighted by Crippen LogP contribution is -2.46. The molecule has 0 bridgehead atoms. The van der Waals surface area contributed by atoms with Gasteiger partial charge in [-0.2, -0.15) is 0 Å². The molecule has 0 spiro atoms. The molecule has 0 aromatic heterocycles. The maximum Gasteiger partial charge on any atom is 0.244 e. The minimum absolute atomic E-state index is 0.116. The van der Waals surface area contributed by atoms with Gasteiger partial charge in [-0.3, -0.25) is 14.4 Å². The number of amides is 1. The molecule has 2 N–H and O–H groups in total. The summed E-state index contributed by atoms with van der Waals surface area (Å²) in [6.07, 6.45) is 6.41. The maximum atomic E-state index is 12.3. The van der Waals surface area contributed by atoms with E-state index < -0.39 is 10.0 Å². The summed E-state index contributed by atoms with van der Waals surface area (Å²) in [6.45, 7) is 2.79. The Labute approximate surface area is 172 Å². The van der Waals surface area contributed by atoms with Crippen LogP contribution >= 0.6 is 0 Å². The molecular weight excluding hydrogens is 386 g/mol. The van der Waals surface area contributed by atoms with Crippen molar-refractivity contribution in [1.82, 2.24) is 10.2 Å². The molecular formula is C22H27N3O3S. The van der Waals surface area contributed by atoms with Gasteiger partial charge in [0.05, 0.1) is 6.26 Å². The van der Waals surface area contributed by atoms with Crippen molar-refractivity contribution in [2.24, 2.45) is 0 Å². The Bertz CT molecular complexity index is 941. The predicted molar refractivity (Wildman–Crippen MR) is 117 cm³/mol. The summed E-state index contributed by atoms with van der Waals surface area (Å²) >= 11 is 0. The van der Waals surface area contributed by atoms with Gasteiger partial charge in [-0.15, -0.1) is 0 Å². The number of nitrogens with one attached hydrogen (secondary N) is 2. The van der Waals surface area contributed by atoms with Crippen LogP contribution in [0.1, 0.15) is 24.0 Å². The van der Waals surface area contributed by atoms with Crippen molar-refractivity contribution in [3.63, 3.8) is 0 Å². The normalized spacial score (nSPS) is 17.9. The molecule has 1 fully saturated rings. The lowest BCUT2D eigenvalue weighted by molar-refractivity contribution is -0.117. The number of nitrogens with zero attached hydrogens (tertiary/aromatic N) is 1. The van der Waals surface area contributed by atoms with Crippen LogP contribution in [0.25, 0.3) is 6.08 Å². The third kappa shape index (κ3) is 7.36. The highest BCUT2D eigenvalue weighted by Crippen LogP contribution is 2.14. The van der Waals surface area contributed by atoms with E-state index in [1.165, 1.54) is 11.6 Å². The highest BCUT2D eigenvalue weighted by Gasteiger charge is 2.20. The maximum absolute atomic E-state index is 12.3. The van der Waals surface area contributed by atoms with Crippen LogP contribution in [0.2, 0.25) is 0 Å². The number of sulfonamides is 1. The Morgan fingerprint density at radius 2 is 1.86 bits per heavy atom. The first-order valence-electron chi connectivity index (χ1n) is 9.70. The number of hydrogen-bond acceptors (Lipinski definition) is 4. The topological polar surface area (TPSA) is 78.5 Å². The lowest BCUT2D eigenvalue weighted by Gasteiger charge is -2.33. The molecule has 29 heavy (non-hydrogen) atoms. The van der Waals surface area contributed by atoms with Gasteiger partial charge in [-0.25, -0.2) is 8.42 Å². The fourth-order valence-electron chi connectivity index (χ4n) is 3.46. The zero-order valence-corrected chi connectivity index (χ0v) is 17.4. The van der Waals surface area contributed by atoms with Crippen molar-refractivity contribution in [1.29, 1.82) is 0 Å². The molecule has 1 amide bonds. The van der Waals surface area contributed by atoms with E-state index in [1.807, 2.05) is 18.2 Å². The quantitative estimate of drug-likeness (QED) is 0.684. The summed E-state index contributed by atoms with van der Waals surface area (Å²) < 4.78 is 24.9. The molecule has 2 aromatic rings. The Morgan fingerprint density at radius 1 is 1.14 bits per heavy atom. The van der Waals surface area contributed by atoms with Gasteiger partial charge in [0.25, 0.3) is 0 Å². The van der Waals surface area contributed by atoms with E-state index in [1.54, 1.807) is 30.3 Å². The Balaban J connectivity index is 1.49. The molecule has 6 nitrogen and oxygen atoms in total. The zero-order valence-electron chi connectivity index (χ0n) is 16.5. The van der Waals surface area contributed by atoms with Gasteiger partial charge in [0, 0.05) is 30.9 Å². The second-order valence-corrected chi connectivity index (χ2v) is 9.15. The average Bonchev–Trinajstić information content (AvgIpc) is 2.67. The number of anilines is 1. The van der Waals surface area contributed by atoms with Crippen LogP contribution in [-0.2, 0) is 21.4 Å². The average molecular weight is 414 g/mol. The van der Waals surface area contributed by atoms with Gasteiger partial charge in [0.2, 0.25) is 15.9 Å². The fraction of sp³-hybridized carbons (Fsp3) is 0.318. The van der Waals surface area contributed by atoms with Crippen LogP contribution in [0, 0.1) is 0 Å². The third-order valence-corrected chi connectivity index (χ3v) is 5.35. The summed E-state index contributed by atoms with van der Waals surface area (Å²) in [5.41, 5.74) is 2.61. The van der Waals surface area contributed by atoms with Crippen molar-refractivity contribution in [2.45, 2.75) is 25.4 Å². The summed E-state index contributed by atoms with van der Waals surface area (Å²) in [5.74, 6) is -0.116. The van der Waals surface area contributed by atoms with E-state index in [0.717, 1.165) is 44.3 Å². The van der Waals surface area contributed by atoms with Gasteiger partial charge < -0.3 is 5.32 Å². The summed E-state index contributed by atoms with van der Waals surface area (Å²) in [6, 6.07) is 17.4. The second kappa shape index (κ2) is 9.71. The van der Waals surface area contributed by atoms with E-state index in [4.69, 9.17) is 0 Å². The zero-order chi connectivity index (χ0) is 20.7. The number of carbonyl (C=O) groups excluding carboxylic acids is 1. The Morgan fingerprint density at radius 3 is 2.55 bits per heavy atom. The van der Waals surface area contributed by atoms with Crippen molar-refractivity contribution in [3.8, 4) is 0 Å². The minimum atomic E-state index is -3.29. The summed E-state index contributed by atoms with van der Waals surface area (Å²) in [5, 5.41) is 3.09. The molecule has 2 aromatic carbocycles. The molecule has 3 rings (SSSR count). The van der Waals surface area contributed by atoms with Gasteiger partial charge in [-0.05, 0) is 48.7 Å². The van der Waals surface area contributed by atoms with Crippen LogP contribution in [0.15, 0.2) is 60.7 Å². The molecule has 154 valence electrons. The predicted octanol–water partition coefficient (Wildman–Crippen LogP) is 2.85. The Hall–Kier alpha value is -2.64. The van der Waals surface area contributed by atoms with Gasteiger partial charge >= 0.3 is 0 Å². The Kier molecular flexibility index (Phi) is 7.06. The highest BCUT2D eigenvalue weighted by atomic mass is 32.2. The number of carbonyl (C=O) groups is 1. The van der Waals surface area contributed by atoms with E-state index in [9.17, 15) is 13.2 Å². The molecule has 1 aliphatic rings. The summed E-state index contributed by atoms with van der Waals surface area (Å²) in [4.78, 5) is 14.7. The first-order chi connectivity index (χ1) is 13.9. The van der Waals surface area contributed by atoms with Crippen molar-refractivity contribution in [2.75, 3.05) is 24.1 Å². The van der Waals surface area contributed by atoms with Crippen molar-refractivity contribution < 1.29 is 13.2 Å². The van der Waals surface area contributed by atoms with E-state index >= 15 is 0 Å². The standard InChI is InChI=1S/C22H27N3O3S/c1-29(27,28)24-20-12-9-18(10-13-20)11-14-22(26)23-21-8-5-15-25(17-21)16-19-6-3-2-4-7-19/h2-4,6-7,9-14,21,24H,5,8,15-17H2,1H3,(H,23,26)/b14-11-/t21-/m1/s1. The summed E-state index contributed by atoms with van der Waals surface area (Å²) in [7, 11) is -3.29. The fourth-order valence-corrected chi connectivity index (χ4v) is 4.02. The van der Waals surface area contributed by atoms with Gasteiger partial charge in [0.1, 0.15) is 0 Å². The SMILES string of the molecule is CS(=O)(=O)Nc1ccc(/C=C\C(=O)N[C@@H]2CCCN(Cc3ccccc3)C2)cc1. The van der Waals surface area contributed by atoms with Crippen LogP contribution in [0.3, 0.4) is 0 Å². The number of likely N-dealkylation sites (tertiary alicyclic amines) is 1. The monoisotopic (exact) mass is 413 g/mol. The van der Waals surface area contributed by atoms with Crippen LogP contribution in [0.5, 0.6) is 0 Å². The molecule has 0 radical (unpaired) electrons. The van der Waals surface area contributed by atoms with E-state index in [2.05, 4.69) is 27.1 Å². The molecule has 1 atom stereocenters. The molecule has 0 saturated carbocycles. The number of piperidine rings is 1. The van der Waals surface area contributed by atoms with Crippen LogP contribution in [0.4, 0.5) is 5.69 Å². The molecule has 1 aliphatic heterocycles. The number of rotatable bonds is 7. The van der Waals surface area contributed by atoms with Crippen molar-refractivity contribution in [3.05, 3.63) is 71.8 Å². The molecule has 1 saturated heterocycles. The first kappa shape index (κ1) is 21.1. The van der Waals surface area contributed by atoms with E-state index in [0.29, 0.717) is 5.69 Å². The lowest BCUT2D eigenvalue weighted by atomic mass is 10.0. The van der Waals surface area contributed by atoms with Crippen LogP contribution in [-0.4, -0.2) is 44.6 Å². The molecule has 0 unspecified atom stereocenters. The van der Waals surface area contributed by atoms with Crippen LogP contribution < -0.4 is 10.0 Å². The van der Waals surface area contributed by atoms with Gasteiger partial charge in [0.15, 0.2) is 0 Å². The van der Waals surface area contributed by atoms with Crippen molar-refractivity contribution >= 4 is 27.7 Å². The van der Waals surface area contributed by atoms with E-state index in [-0.39, 0.29) is 11.9 Å². The smallest absolute Gasteiger partial charge is 0.244 e. The first-order valence-corrected chi connectivity index (χ1v) is 11.6. The highest BCUT2D eigenvalue weighted by molar-refractivity contribution is 7.92. The second-order valence-electron chi connectivity index (χ2n) is 7.40. The molecule has 0 aliphatic carbocycles. The third-order valence-electron chi connectivity index (χ3n) is 4.74. The largest absolute Gasteiger partial charge is 0.349 e. The number of hydrogen-bond donors (Lipinski definition) is 2. The van der Waals surface area contributed by atoms with Gasteiger partial charge in [-0.1, -0.05) is 42.5 Å². The molecule has 7 heteroatoms.